The van der Waals surface area contributed by atoms with Crippen LogP contribution in [0.5, 0.6) is 5.75 Å². The second kappa shape index (κ2) is 5.89. The maximum Gasteiger partial charge on any atom is 0.262 e. The normalized spacial score (nSPS) is 10.6. The molecule has 5 heteroatoms. The van der Waals surface area contributed by atoms with Crippen molar-refractivity contribution in [1.29, 1.82) is 0 Å². The molecule has 0 aliphatic rings. The molecule has 0 fully saturated rings. The summed E-state index contributed by atoms with van der Waals surface area (Å²) in [5.41, 5.74) is 3.22. The molecule has 2 aromatic carbocycles. The number of carbonyl (C=O) groups is 1. The monoisotopic (exact) mass is 296 g/mol. The van der Waals surface area contributed by atoms with Crippen molar-refractivity contribution in [2.75, 3.05) is 11.9 Å². The summed E-state index contributed by atoms with van der Waals surface area (Å²) in [6.07, 6.45) is 0. The number of nitrogens with one attached hydrogen (secondary N) is 1. The highest BCUT2D eigenvalue weighted by Crippen LogP contribution is 2.20. The molecule has 0 bridgehead atoms. The van der Waals surface area contributed by atoms with Gasteiger partial charge in [0.15, 0.2) is 18.1 Å². The summed E-state index contributed by atoms with van der Waals surface area (Å²) < 4.78 is 10.9. The van der Waals surface area contributed by atoms with Gasteiger partial charge in [-0.05, 0) is 31.2 Å². The summed E-state index contributed by atoms with van der Waals surface area (Å²) in [7, 11) is 0. The largest absolute Gasteiger partial charge is 0.484 e. The van der Waals surface area contributed by atoms with E-state index in [0.29, 0.717) is 22.9 Å². The van der Waals surface area contributed by atoms with Crippen LogP contribution in [0.4, 0.5) is 5.69 Å². The minimum Gasteiger partial charge on any atom is -0.484 e. The predicted octanol–water partition coefficient (Wildman–Crippen LogP) is 3.46. The van der Waals surface area contributed by atoms with Crippen molar-refractivity contribution in [2.45, 2.75) is 13.8 Å². The van der Waals surface area contributed by atoms with Crippen LogP contribution in [-0.4, -0.2) is 17.5 Å². The highest BCUT2D eigenvalue weighted by atomic mass is 16.5. The number of rotatable bonds is 4. The Balaban J connectivity index is 1.61. The van der Waals surface area contributed by atoms with Crippen LogP contribution in [0.3, 0.4) is 0 Å². The van der Waals surface area contributed by atoms with Crippen molar-refractivity contribution >= 4 is 22.7 Å². The quantitative estimate of drug-likeness (QED) is 0.800. The summed E-state index contributed by atoms with van der Waals surface area (Å²) in [5, 5.41) is 2.77. The first-order chi connectivity index (χ1) is 10.6. The zero-order valence-electron chi connectivity index (χ0n) is 12.4. The summed E-state index contributed by atoms with van der Waals surface area (Å²) in [4.78, 5) is 16.1. The molecule has 3 aromatic rings. The third kappa shape index (κ3) is 3.25. The molecule has 0 saturated heterocycles. The van der Waals surface area contributed by atoms with E-state index in [-0.39, 0.29) is 12.5 Å². The van der Waals surface area contributed by atoms with Crippen LogP contribution in [0, 0.1) is 13.8 Å². The van der Waals surface area contributed by atoms with Gasteiger partial charge in [-0.15, -0.1) is 0 Å². The lowest BCUT2D eigenvalue weighted by atomic mass is 10.2. The van der Waals surface area contributed by atoms with Gasteiger partial charge in [-0.25, -0.2) is 4.98 Å². The number of aromatic nitrogens is 1. The number of ether oxygens (including phenoxy) is 1. The highest BCUT2D eigenvalue weighted by Gasteiger charge is 2.07. The molecule has 0 saturated carbocycles. The van der Waals surface area contributed by atoms with Gasteiger partial charge in [0.2, 0.25) is 0 Å². The Bertz CT molecular complexity index is 806. The molecule has 3 rings (SSSR count). The minimum atomic E-state index is -0.226. The Kier molecular flexibility index (Phi) is 3.78. The maximum atomic E-state index is 11.9. The van der Waals surface area contributed by atoms with Gasteiger partial charge in [0.1, 0.15) is 11.3 Å². The standard InChI is InChI=1S/C17H16N2O3/c1-11-3-6-14(7-4-11)21-10-17(20)19-13-5-8-15-16(9-13)22-12(2)18-15/h3-9H,10H2,1-2H3,(H,19,20). The fraction of sp³-hybridized carbons (Fsp3) is 0.176. The van der Waals surface area contributed by atoms with E-state index in [0.717, 1.165) is 11.1 Å². The number of benzene rings is 2. The lowest BCUT2D eigenvalue weighted by Gasteiger charge is -2.07. The van der Waals surface area contributed by atoms with E-state index in [1.165, 1.54) is 0 Å². The Hall–Kier alpha value is -2.82. The third-order valence-electron chi connectivity index (χ3n) is 3.17. The van der Waals surface area contributed by atoms with Crippen molar-refractivity contribution in [3.8, 4) is 5.75 Å². The van der Waals surface area contributed by atoms with Gasteiger partial charge in [-0.3, -0.25) is 4.79 Å². The van der Waals surface area contributed by atoms with Gasteiger partial charge >= 0.3 is 0 Å². The average molecular weight is 296 g/mol. The molecule has 0 aliphatic heterocycles. The van der Waals surface area contributed by atoms with E-state index >= 15 is 0 Å². The van der Waals surface area contributed by atoms with E-state index in [4.69, 9.17) is 9.15 Å². The van der Waals surface area contributed by atoms with Gasteiger partial charge in [-0.2, -0.15) is 0 Å². The van der Waals surface area contributed by atoms with E-state index in [2.05, 4.69) is 10.3 Å². The van der Waals surface area contributed by atoms with Crippen LogP contribution in [0.2, 0.25) is 0 Å². The molecule has 1 heterocycles. The number of oxazole rings is 1. The topological polar surface area (TPSA) is 64.4 Å². The fourth-order valence-corrected chi connectivity index (χ4v) is 2.10. The lowest BCUT2D eigenvalue weighted by Crippen LogP contribution is -2.20. The number of carbonyl (C=O) groups excluding carboxylic acids is 1. The molecular formula is C17H16N2O3. The first-order valence-electron chi connectivity index (χ1n) is 6.97. The lowest BCUT2D eigenvalue weighted by molar-refractivity contribution is -0.118. The van der Waals surface area contributed by atoms with Crippen LogP contribution in [0.15, 0.2) is 46.9 Å². The van der Waals surface area contributed by atoms with Crippen LogP contribution < -0.4 is 10.1 Å². The number of hydrogen-bond donors (Lipinski definition) is 1. The van der Waals surface area contributed by atoms with E-state index < -0.39 is 0 Å². The van der Waals surface area contributed by atoms with Gasteiger partial charge in [0.05, 0.1) is 0 Å². The van der Waals surface area contributed by atoms with Crippen molar-refractivity contribution in [2.24, 2.45) is 0 Å². The van der Waals surface area contributed by atoms with Crippen LogP contribution in [-0.2, 0) is 4.79 Å². The SMILES string of the molecule is Cc1ccc(OCC(=O)Nc2ccc3nc(C)oc3c2)cc1. The summed E-state index contributed by atoms with van der Waals surface area (Å²) in [6.45, 7) is 3.74. The Morgan fingerprint density at radius 3 is 2.73 bits per heavy atom. The Morgan fingerprint density at radius 2 is 1.95 bits per heavy atom. The van der Waals surface area contributed by atoms with E-state index in [1.807, 2.05) is 37.3 Å². The maximum absolute atomic E-state index is 11.9. The molecule has 0 atom stereocenters. The molecular weight excluding hydrogens is 280 g/mol. The molecule has 5 nitrogen and oxygen atoms in total. The Labute approximate surface area is 127 Å². The number of fused-ring (bicyclic) bond motifs is 1. The van der Waals surface area contributed by atoms with Crippen LogP contribution >= 0.6 is 0 Å². The zero-order chi connectivity index (χ0) is 15.5. The Morgan fingerprint density at radius 1 is 1.18 bits per heavy atom. The number of aryl methyl sites for hydroxylation is 2. The van der Waals surface area contributed by atoms with Gasteiger partial charge < -0.3 is 14.5 Å². The molecule has 0 radical (unpaired) electrons. The average Bonchev–Trinajstić information content (AvgIpc) is 2.86. The number of nitrogens with zero attached hydrogens (tertiary/aromatic N) is 1. The summed E-state index contributed by atoms with van der Waals surface area (Å²) >= 11 is 0. The zero-order valence-corrected chi connectivity index (χ0v) is 12.4. The van der Waals surface area contributed by atoms with Crippen molar-refractivity contribution < 1.29 is 13.9 Å². The molecule has 0 aliphatic carbocycles. The summed E-state index contributed by atoms with van der Waals surface area (Å²) in [5.74, 6) is 1.04. The molecule has 1 aromatic heterocycles. The number of anilines is 1. The van der Waals surface area contributed by atoms with E-state index in [1.54, 1.807) is 19.1 Å². The van der Waals surface area contributed by atoms with Crippen molar-refractivity contribution in [3.63, 3.8) is 0 Å². The number of hydrogen-bond acceptors (Lipinski definition) is 4. The molecule has 1 N–H and O–H groups in total. The van der Waals surface area contributed by atoms with Gasteiger partial charge in [0.25, 0.3) is 5.91 Å². The van der Waals surface area contributed by atoms with Gasteiger partial charge in [-0.1, -0.05) is 17.7 Å². The molecule has 1 amide bonds. The molecule has 112 valence electrons. The van der Waals surface area contributed by atoms with E-state index in [9.17, 15) is 4.79 Å². The number of amides is 1. The first-order valence-corrected chi connectivity index (χ1v) is 6.97. The van der Waals surface area contributed by atoms with Crippen LogP contribution in [0.1, 0.15) is 11.5 Å². The first kappa shape index (κ1) is 14.1. The van der Waals surface area contributed by atoms with Crippen molar-refractivity contribution in [1.82, 2.24) is 4.98 Å². The molecule has 0 unspecified atom stereocenters. The third-order valence-corrected chi connectivity index (χ3v) is 3.17. The predicted molar refractivity (Wildman–Crippen MR) is 84.0 cm³/mol. The highest BCUT2D eigenvalue weighted by molar-refractivity contribution is 5.93. The van der Waals surface area contributed by atoms with Crippen molar-refractivity contribution in [3.05, 3.63) is 53.9 Å². The second-order valence-corrected chi connectivity index (χ2v) is 5.07. The molecule has 22 heavy (non-hydrogen) atoms. The molecule has 0 spiro atoms. The fourth-order valence-electron chi connectivity index (χ4n) is 2.10. The summed E-state index contributed by atoms with van der Waals surface area (Å²) in [6, 6.07) is 12.9. The van der Waals surface area contributed by atoms with Gasteiger partial charge in [0, 0.05) is 18.7 Å². The minimum absolute atomic E-state index is 0.0451. The smallest absolute Gasteiger partial charge is 0.262 e. The second-order valence-electron chi connectivity index (χ2n) is 5.07. The van der Waals surface area contributed by atoms with Crippen LogP contribution in [0.25, 0.3) is 11.1 Å².